The van der Waals surface area contributed by atoms with Gasteiger partial charge in [0.1, 0.15) is 12.1 Å². The molecule has 5 atom stereocenters. The van der Waals surface area contributed by atoms with Gasteiger partial charge in [0.05, 0.1) is 30.6 Å². The lowest BCUT2D eigenvalue weighted by molar-refractivity contribution is -0.146. The molecule has 6 rings (SSSR count). The average Bonchev–Trinajstić information content (AvgIpc) is 4.01. The summed E-state index contributed by atoms with van der Waals surface area (Å²) in [4.78, 5) is 73.7. The quantitative estimate of drug-likeness (QED) is 0.0745. The van der Waals surface area contributed by atoms with Crippen molar-refractivity contribution in [2.24, 2.45) is 0 Å². The Morgan fingerprint density at radius 3 is 2.23 bits per heavy atom. The van der Waals surface area contributed by atoms with E-state index in [1.165, 1.54) is 12.1 Å². The Morgan fingerprint density at radius 2 is 1.58 bits per heavy atom. The first kappa shape index (κ1) is 47.8. The van der Waals surface area contributed by atoms with Crippen LogP contribution < -0.4 is 5.32 Å². The Labute approximate surface area is 373 Å². The molecule has 3 aliphatic heterocycles. The highest BCUT2D eigenvalue weighted by Crippen LogP contribution is 2.67. The number of hydrogen-bond acceptors (Lipinski definition) is 11. The number of nitrogens with one attached hydrogen (secondary N) is 1. The number of amides is 3. The Balaban J connectivity index is 1.15. The van der Waals surface area contributed by atoms with Gasteiger partial charge in [-0.15, -0.1) is 11.3 Å². The van der Waals surface area contributed by atoms with Crippen LogP contribution in [0, 0.1) is 6.57 Å². The van der Waals surface area contributed by atoms with Crippen LogP contribution in [0.2, 0.25) is 0 Å². The number of likely N-dealkylation sites (tertiary alicyclic amines) is 1. The van der Waals surface area contributed by atoms with E-state index in [2.05, 4.69) is 10.2 Å². The van der Waals surface area contributed by atoms with Gasteiger partial charge in [0.25, 0.3) is 5.91 Å². The lowest BCUT2D eigenvalue weighted by atomic mass is 9.95. The lowest BCUT2D eigenvalue weighted by Gasteiger charge is -2.36. The zero-order chi connectivity index (χ0) is 44.4. The van der Waals surface area contributed by atoms with E-state index >= 15 is 8.78 Å². The van der Waals surface area contributed by atoms with E-state index in [4.69, 9.17) is 15.6 Å². The van der Waals surface area contributed by atoms with Crippen molar-refractivity contribution in [3.63, 3.8) is 0 Å². The Morgan fingerprint density at radius 1 is 0.919 bits per heavy atom. The van der Waals surface area contributed by atoms with E-state index in [0.29, 0.717) is 62.6 Å². The summed E-state index contributed by atoms with van der Waals surface area (Å²) in [5.74, 6) is -1.23. The highest BCUT2D eigenvalue weighted by atomic mass is 32.2. The van der Waals surface area contributed by atoms with Gasteiger partial charge in [0.15, 0.2) is 10.2 Å². The molecule has 4 heterocycles. The van der Waals surface area contributed by atoms with Crippen molar-refractivity contribution in [3.05, 3.63) is 82.0 Å². The third kappa shape index (κ3) is 11.2. The van der Waals surface area contributed by atoms with Gasteiger partial charge < -0.3 is 29.0 Å². The van der Waals surface area contributed by atoms with Gasteiger partial charge in [0, 0.05) is 47.2 Å². The minimum Gasteiger partial charge on any atom is -0.340 e. The summed E-state index contributed by atoms with van der Waals surface area (Å²) < 4.78 is 57.7. The molecule has 18 heteroatoms. The van der Waals surface area contributed by atoms with Crippen molar-refractivity contribution in [1.29, 1.82) is 0 Å². The minimum atomic E-state index is -5.22. The molecule has 12 nitrogen and oxygen atoms in total. The second kappa shape index (κ2) is 21.8. The summed E-state index contributed by atoms with van der Waals surface area (Å²) >= 11 is 2.85. The Bertz CT molecular complexity index is 2160. The number of halogens is 2. The van der Waals surface area contributed by atoms with Gasteiger partial charge in [-0.05, 0) is 67.7 Å². The molecule has 0 aliphatic carbocycles. The number of thiophene rings is 1. The highest BCUT2D eigenvalue weighted by molar-refractivity contribution is 8.13. The zero-order valence-corrected chi connectivity index (χ0v) is 38.3. The first-order valence-electron chi connectivity index (χ1n) is 21.3. The standard InChI is InChI=1S/C44H53F2N4O8PS3/c1-4-11-39(51)60-23-21-57-59(56,58-22-24-61-40(52)12-5-2)44(45,46)31-17-20-37-30(25-31)26-38(62-37)41(53)48-34-16-10-9-15-32-18-19-36(50(32)42(34)54)43(55)49-27-33(35(28-49)47-3)29-13-7-6-8-14-29/h6-8,13-14,17,20,25-26,32-36H,4-5,9-12,15-16,18-19,21-24,27-28H2,1-2H3,(H,48,53)/t32-,33-,34-,35+,36-/m0/s1. The van der Waals surface area contributed by atoms with Crippen molar-refractivity contribution < 1.29 is 46.4 Å². The second-order valence-electron chi connectivity index (χ2n) is 15.8. The first-order valence-corrected chi connectivity index (χ1v) is 25.6. The van der Waals surface area contributed by atoms with Gasteiger partial charge in [-0.1, -0.05) is 86.6 Å². The Kier molecular flexibility index (Phi) is 16.8. The van der Waals surface area contributed by atoms with Crippen molar-refractivity contribution in [3.8, 4) is 0 Å². The molecule has 1 aromatic heterocycles. The number of rotatable bonds is 18. The molecule has 0 radical (unpaired) electrons. The molecule has 3 amide bonds. The van der Waals surface area contributed by atoms with Gasteiger partial charge in [-0.25, -0.2) is 6.57 Å². The minimum absolute atomic E-state index is 0.00969. The molecular weight excluding hydrogens is 878 g/mol. The molecule has 2 aromatic carbocycles. The smallest absolute Gasteiger partial charge is 0.340 e. The fourth-order valence-corrected chi connectivity index (χ4v) is 12.5. The third-order valence-electron chi connectivity index (χ3n) is 11.5. The molecule has 334 valence electrons. The number of fused-ring (bicyclic) bond motifs is 2. The molecule has 0 unspecified atom stereocenters. The number of benzene rings is 2. The van der Waals surface area contributed by atoms with E-state index in [-0.39, 0.29) is 62.3 Å². The van der Waals surface area contributed by atoms with Gasteiger partial charge in [0.2, 0.25) is 17.9 Å². The third-order valence-corrected chi connectivity index (χ3v) is 16.4. The highest BCUT2D eigenvalue weighted by Gasteiger charge is 2.55. The van der Waals surface area contributed by atoms with Gasteiger partial charge in [-0.2, -0.15) is 8.78 Å². The Hall–Kier alpha value is -3.65. The van der Waals surface area contributed by atoms with Crippen molar-refractivity contribution in [2.75, 3.05) is 37.8 Å². The molecule has 3 aromatic rings. The number of carbonyl (C=O) groups excluding carboxylic acids is 5. The molecule has 3 fully saturated rings. The van der Waals surface area contributed by atoms with Crippen LogP contribution in [0.3, 0.4) is 0 Å². The fourth-order valence-electron chi connectivity index (χ4n) is 8.35. The molecule has 0 saturated carbocycles. The largest absolute Gasteiger partial charge is 0.404 e. The lowest BCUT2D eigenvalue weighted by Crippen LogP contribution is -2.56. The summed E-state index contributed by atoms with van der Waals surface area (Å²) in [7, 11) is -5.22. The zero-order valence-electron chi connectivity index (χ0n) is 34.9. The van der Waals surface area contributed by atoms with Crippen LogP contribution in [0.15, 0.2) is 54.6 Å². The van der Waals surface area contributed by atoms with E-state index in [1.807, 2.05) is 44.2 Å². The second-order valence-corrected chi connectivity index (χ2v) is 21.2. The summed E-state index contributed by atoms with van der Waals surface area (Å²) in [6.45, 7) is 11.3. The monoisotopic (exact) mass is 930 g/mol. The van der Waals surface area contributed by atoms with Gasteiger partial charge in [-0.3, -0.25) is 28.5 Å². The van der Waals surface area contributed by atoms with Crippen LogP contribution in [0.4, 0.5) is 8.78 Å². The maximum absolute atomic E-state index is 16.3. The predicted molar refractivity (Wildman–Crippen MR) is 240 cm³/mol. The van der Waals surface area contributed by atoms with Crippen molar-refractivity contribution in [2.45, 2.75) is 114 Å². The van der Waals surface area contributed by atoms with E-state index in [1.54, 1.807) is 9.80 Å². The van der Waals surface area contributed by atoms with Gasteiger partial charge >= 0.3 is 13.3 Å². The maximum atomic E-state index is 16.3. The van der Waals surface area contributed by atoms with Crippen LogP contribution in [0.5, 0.6) is 0 Å². The summed E-state index contributed by atoms with van der Waals surface area (Å²) in [6.07, 6.45) is 5.61. The van der Waals surface area contributed by atoms with Crippen LogP contribution >= 0.6 is 42.5 Å². The SMILES string of the molecule is [C-]#[N+][C@@H]1CN(C(=O)[C@@H]2CC[C@@H]3CCCC[C@H](NC(=O)c4cc5cc(C(F)(F)P(=O)(OCCSC(=O)CCC)OCCSC(=O)CCC)ccc5s4)C(=O)N32)C[C@H]1c1ccccc1. The molecule has 3 aliphatic rings. The molecule has 1 N–H and O–H groups in total. The average molecular weight is 931 g/mol. The number of carbonyl (C=O) groups is 5. The fraction of sp³-hybridized carbons (Fsp3) is 0.545. The van der Waals surface area contributed by atoms with Crippen LogP contribution in [-0.2, 0) is 38.5 Å². The molecule has 62 heavy (non-hydrogen) atoms. The predicted octanol–water partition coefficient (Wildman–Crippen LogP) is 9.24. The topological polar surface area (TPSA) is 144 Å². The van der Waals surface area contributed by atoms with Crippen LogP contribution in [0.25, 0.3) is 14.9 Å². The number of hydrogen-bond donors (Lipinski definition) is 1. The molecule has 3 saturated heterocycles. The molecule has 0 bridgehead atoms. The summed E-state index contributed by atoms with van der Waals surface area (Å²) in [5.41, 5.74) is -3.80. The van der Waals surface area contributed by atoms with E-state index in [0.717, 1.165) is 65.4 Å². The number of thioether (sulfide) groups is 2. The maximum Gasteiger partial charge on any atom is 0.404 e. The summed E-state index contributed by atoms with van der Waals surface area (Å²) in [5, 5.41) is 2.88. The molecule has 0 spiro atoms. The number of alkyl halides is 2. The number of nitrogens with zero attached hydrogens (tertiary/aromatic N) is 3. The van der Waals surface area contributed by atoms with Crippen molar-refractivity contribution >= 4 is 80.5 Å². The van der Waals surface area contributed by atoms with E-state index in [9.17, 15) is 28.5 Å². The summed E-state index contributed by atoms with van der Waals surface area (Å²) in [6, 6.07) is 12.6. The van der Waals surface area contributed by atoms with Crippen molar-refractivity contribution in [1.82, 2.24) is 15.1 Å². The van der Waals surface area contributed by atoms with Crippen LogP contribution in [-0.4, -0.2) is 99.7 Å². The normalized spacial score (nSPS) is 21.9. The molecular formula is C44H53F2N4O8PS3. The van der Waals surface area contributed by atoms with E-state index < -0.39 is 56.1 Å². The van der Waals surface area contributed by atoms with Crippen LogP contribution in [0.1, 0.15) is 105 Å². The first-order chi connectivity index (χ1) is 29.8.